The minimum absolute atomic E-state index is 0.0623. The molecule has 21 heavy (non-hydrogen) atoms. The van der Waals surface area contributed by atoms with Crippen LogP contribution in [0.5, 0.6) is 0 Å². The van der Waals surface area contributed by atoms with Crippen LogP contribution in [0.3, 0.4) is 0 Å². The molecular weight excluding hydrogens is 288 g/mol. The Morgan fingerprint density at radius 3 is 2.76 bits per heavy atom. The van der Waals surface area contributed by atoms with E-state index in [1.54, 1.807) is 0 Å². The van der Waals surface area contributed by atoms with Gasteiger partial charge in [-0.1, -0.05) is 54.2 Å². The van der Waals surface area contributed by atoms with Crippen LogP contribution in [-0.4, -0.2) is 23.8 Å². The van der Waals surface area contributed by atoms with Gasteiger partial charge < -0.3 is 10.2 Å². The number of nitrogens with one attached hydrogen (secondary N) is 1. The molecule has 1 N–H and O–H groups in total. The van der Waals surface area contributed by atoms with Crippen molar-refractivity contribution in [2.45, 2.75) is 50.7 Å². The molecule has 112 valence electrons. The lowest BCUT2D eigenvalue weighted by molar-refractivity contribution is -0.132. The molecule has 1 amide bonds. The third-order valence-electron chi connectivity index (χ3n) is 4.10. The van der Waals surface area contributed by atoms with Crippen molar-refractivity contribution >= 4 is 23.2 Å². The number of hydrogen-bond acceptors (Lipinski definition) is 3. The Balaban J connectivity index is 1.58. The summed E-state index contributed by atoms with van der Waals surface area (Å²) in [5.41, 5.74) is 1.58. The lowest BCUT2D eigenvalue weighted by Gasteiger charge is -2.23. The fraction of sp³-hybridized carbons (Fsp3) is 0.500. The predicted molar refractivity (Wildman–Crippen MR) is 82.5 cm³/mol. The van der Waals surface area contributed by atoms with Crippen molar-refractivity contribution in [3.63, 3.8) is 0 Å². The first-order valence-corrected chi connectivity index (χ1v) is 7.90. The average molecular weight is 307 g/mol. The number of hydrogen-bond donors (Lipinski definition) is 1. The largest absolute Gasteiger partial charge is 0.382 e. The summed E-state index contributed by atoms with van der Waals surface area (Å²) in [6, 6.07) is 7.77. The van der Waals surface area contributed by atoms with Crippen LogP contribution in [0.25, 0.3) is 0 Å². The van der Waals surface area contributed by atoms with E-state index in [9.17, 15) is 4.79 Å². The van der Waals surface area contributed by atoms with Crippen molar-refractivity contribution in [1.82, 2.24) is 5.32 Å². The second kappa shape index (κ2) is 6.48. The van der Waals surface area contributed by atoms with Gasteiger partial charge in [-0.25, -0.2) is 0 Å². The second-order valence-electron chi connectivity index (χ2n) is 5.66. The molecule has 0 unspecified atom stereocenters. The van der Waals surface area contributed by atoms with Gasteiger partial charge in [-0.15, -0.1) is 0 Å². The first kappa shape index (κ1) is 14.4. The molecule has 0 bridgehead atoms. The van der Waals surface area contributed by atoms with E-state index in [0.29, 0.717) is 17.5 Å². The Labute approximate surface area is 129 Å². The highest BCUT2D eigenvalue weighted by molar-refractivity contribution is 6.34. The van der Waals surface area contributed by atoms with Gasteiger partial charge in [0.25, 0.3) is 5.91 Å². The number of benzene rings is 1. The lowest BCUT2D eigenvalue weighted by atomic mass is 9.95. The third-order valence-corrected chi connectivity index (χ3v) is 4.43. The summed E-state index contributed by atoms with van der Waals surface area (Å²) < 4.78 is 0. The SMILES string of the molecule is O=C(NC1CCCCC1)[C@H]1CC(c2ccccc2Cl)=NO1. The molecule has 4 nitrogen and oxygen atoms in total. The van der Waals surface area contributed by atoms with Crippen molar-refractivity contribution in [3.05, 3.63) is 34.9 Å². The fourth-order valence-electron chi connectivity index (χ4n) is 2.91. The van der Waals surface area contributed by atoms with Gasteiger partial charge in [-0.3, -0.25) is 4.79 Å². The molecule has 0 aromatic heterocycles. The summed E-state index contributed by atoms with van der Waals surface area (Å²) in [6.45, 7) is 0. The van der Waals surface area contributed by atoms with E-state index in [0.717, 1.165) is 24.1 Å². The Bertz CT molecular complexity index is 553. The van der Waals surface area contributed by atoms with Gasteiger partial charge in [-0.05, 0) is 18.9 Å². The van der Waals surface area contributed by atoms with Crippen molar-refractivity contribution in [2.24, 2.45) is 5.16 Å². The predicted octanol–water partition coefficient (Wildman–Crippen LogP) is 3.28. The van der Waals surface area contributed by atoms with Crippen LogP contribution in [0, 0.1) is 0 Å². The summed E-state index contributed by atoms with van der Waals surface area (Å²) in [7, 11) is 0. The van der Waals surface area contributed by atoms with Gasteiger partial charge in [0.1, 0.15) is 0 Å². The van der Waals surface area contributed by atoms with Crippen LogP contribution >= 0.6 is 11.6 Å². The zero-order valence-corrected chi connectivity index (χ0v) is 12.6. The smallest absolute Gasteiger partial charge is 0.264 e. The quantitative estimate of drug-likeness (QED) is 0.931. The number of carbonyl (C=O) groups is 1. The molecule has 1 saturated carbocycles. The van der Waals surface area contributed by atoms with E-state index in [1.165, 1.54) is 19.3 Å². The number of carbonyl (C=O) groups excluding carboxylic acids is 1. The molecule has 1 aliphatic heterocycles. The first-order chi connectivity index (χ1) is 10.2. The molecule has 1 fully saturated rings. The topological polar surface area (TPSA) is 50.7 Å². The number of oxime groups is 1. The molecule has 3 rings (SSSR count). The maximum Gasteiger partial charge on any atom is 0.264 e. The molecule has 0 saturated heterocycles. The minimum Gasteiger partial charge on any atom is -0.382 e. The van der Waals surface area contributed by atoms with E-state index < -0.39 is 6.10 Å². The Morgan fingerprint density at radius 2 is 2.00 bits per heavy atom. The van der Waals surface area contributed by atoms with E-state index in [4.69, 9.17) is 16.4 Å². The van der Waals surface area contributed by atoms with Gasteiger partial charge in [0.05, 0.1) is 5.71 Å². The highest BCUT2D eigenvalue weighted by Gasteiger charge is 2.31. The van der Waals surface area contributed by atoms with Crippen LogP contribution in [0.15, 0.2) is 29.4 Å². The molecule has 2 aliphatic rings. The monoisotopic (exact) mass is 306 g/mol. The average Bonchev–Trinajstić information content (AvgIpc) is 2.98. The molecule has 1 aromatic rings. The lowest BCUT2D eigenvalue weighted by Crippen LogP contribution is -2.42. The van der Waals surface area contributed by atoms with E-state index in [-0.39, 0.29) is 5.91 Å². The maximum absolute atomic E-state index is 12.2. The normalized spacial score (nSPS) is 22.5. The molecule has 5 heteroatoms. The van der Waals surface area contributed by atoms with Crippen molar-refractivity contribution in [2.75, 3.05) is 0 Å². The van der Waals surface area contributed by atoms with Crippen LogP contribution < -0.4 is 5.32 Å². The fourth-order valence-corrected chi connectivity index (χ4v) is 3.16. The zero-order valence-electron chi connectivity index (χ0n) is 11.8. The van der Waals surface area contributed by atoms with Crippen molar-refractivity contribution in [3.8, 4) is 0 Å². The number of nitrogens with zero attached hydrogens (tertiary/aromatic N) is 1. The number of halogens is 1. The van der Waals surface area contributed by atoms with Crippen LogP contribution in [0.2, 0.25) is 5.02 Å². The first-order valence-electron chi connectivity index (χ1n) is 7.52. The minimum atomic E-state index is -0.529. The van der Waals surface area contributed by atoms with Crippen molar-refractivity contribution < 1.29 is 9.63 Å². The molecule has 1 atom stereocenters. The van der Waals surface area contributed by atoms with Gasteiger partial charge >= 0.3 is 0 Å². The van der Waals surface area contributed by atoms with Crippen LogP contribution in [0.4, 0.5) is 0 Å². The summed E-state index contributed by atoms with van der Waals surface area (Å²) in [4.78, 5) is 17.5. The Hall–Kier alpha value is -1.55. The molecule has 1 aromatic carbocycles. The van der Waals surface area contributed by atoms with E-state index in [2.05, 4.69) is 10.5 Å². The van der Waals surface area contributed by atoms with E-state index in [1.807, 2.05) is 24.3 Å². The van der Waals surface area contributed by atoms with Crippen molar-refractivity contribution in [1.29, 1.82) is 0 Å². The molecule has 1 heterocycles. The maximum atomic E-state index is 12.2. The van der Waals surface area contributed by atoms with Gasteiger partial charge in [-0.2, -0.15) is 0 Å². The Morgan fingerprint density at radius 1 is 1.24 bits per heavy atom. The number of amides is 1. The second-order valence-corrected chi connectivity index (χ2v) is 6.07. The molecular formula is C16H19ClN2O2. The summed E-state index contributed by atoms with van der Waals surface area (Å²) in [5.74, 6) is -0.0623. The summed E-state index contributed by atoms with van der Waals surface area (Å²) >= 11 is 6.15. The highest BCUT2D eigenvalue weighted by atomic mass is 35.5. The Kier molecular flexibility index (Phi) is 4.44. The molecule has 0 spiro atoms. The van der Waals surface area contributed by atoms with Gasteiger partial charge in [0.15, 0.2) is 0 Å². The molecule has 0 radical (unpaired) electrons. The third kappa shape index (κ3) is 3.38. The zero-order chi connectivity index (χ0) is 14.7. The summed E-state index contributed by atoms with van der Waals surface area (Å²) in [5, 5.41) is 7.74. The summed E-state index contributed by atoms with van der Waals surface area (Å²) in [6.07, 6.45) is 5.73. The molecule has 1 aliphatic carbocycles. The van der Waals surface area contributed by atoms with Crippen LogP contribution in [0.1, 0.15) is 44.1 Å². The van der Waals surface area contributed by atoms with E-state index >= 15 is 0 Å². The highest BCUT2D eigenvalue weighted by Crippen LogP contribution is 2.23. The van der Waals surface area contributed by atoms with Crippen LogP contribution in [-0.2, 0) is 9.63 Å². The van der Waals surface area contributed by atoms with Gasteiger partial charge in [0, 0.05) is 23.0 Å². The standard InChI is InChI=1S/C16H19ClN2O2/c17-13-9-5-4-8-12(13)14-10-15(21-19-14)16(20)18-11-6-2-1-3-7-11/h4-5,8-9,11,15H,1-3,6-7,10H2,(H,18,20)/t15-/m1/s1. The number of rotatable bonds is 3. The van der Waals surface area contributed by atoms with Gasteiger partial charge in [0.2, 0.25) is 6.10 Å².